The van der Waals surface area contributed by atoms with Crippen LogP contribution in [0.5, 0.6) is 0 Å². The topological polar surface area (TPSA) is 54.5 Å². The van der Waals surface area contributed by atoms with E-state index in [4.69, 9.17) is 4.42 Å². The standard InChI is InChI=1S/C18H21F3N4O2/c19-18(20,21)16-10-15(13-3-4-13)25(22-16)12-17(26)24-7-5-23(6-8-24)11-14-2-1-9-27-14/h1-2,9-10,13H,3-8,11-12H2. The molecule has 2 fully saturated rings. The van der Waals surface area contributed by atoms with Crippen molar-refractivity contribution in [1.29, 1.82) is 0 Å². The van der Waals surface area contributed by atoms with Crippen LogP contribution in [0.3, 0.4) is 0 Å². The van der Waals surface area contributed by atoms with E-state index in [1.807, 2.05) is 12.1 Å². The number of halogens is 3. The number of nitrogens with zero attached hydrogens (tertiary/aromatic N) is 4. The van der Waals surface area contributed by atoms with E-state index in [-0.39, 0.29) is 18.4 Å². The number of piperazine rings is 1. The van der Waals surface area contributed by atoms with Gasteiger partial charge in [0.15, 0.2) is 5.69 Å². The molecular formula is C18H21F3N4O2. The predicted molar refractivity (Wildman–Crippen MR) is 89.8 cm³/mol. The maximum atomic E-state index is 13.0. The normalized spacial score (nSPS) is 18.9. The highest BCUT2D eigenvalue weighted by Gasteiger charge is 2.38. The third-order valence-electron chi connectivity index (χ3n) is 5.07. The molecular weight excluding hydrogens is 361 g/mol. The van der Waals surface area contributed by atoms with Gasteiger partial charge in [0.1, 0.15) is 12.3 Å². The molecule has 4 rings (SSSR count). The van der Waals surface area contributed by atoms with E-state index in [9.17, 15) is 18.0 Å². The van der Waals surface area contributed by atoms with Gasteiger partial charge >= 0.3 is 6.18 Å². The van der Waals surface area contributed by atoms with Gasteiger partial charge in [-0.2, -0.15) is 18.3 Å². The molecule has 0 atom stereocenters. The predicted octanol–water partition coefficient (Wildman–Crippen LogP) is 2.72. The molecule has 0 bridgehead atoms. The average Bonchev–Trinajstić information content (AvgIpc) is 3.16. The lowest BCUT2D eigenvalue weighted by molar-refractivity contribution is -0.142. The highest BCUT2D eigenvalue weighted by atomic mass is 19.4. The van der Waals surface area contributed by atoms with Crippen molar-refractivity contribution < 1.29 is 22.4 Å². The van der Waals surface area contributed by atoms with Crippen LogP contribution in [0, 0.1) is 0 Å². The Morgan fingerprint density at radius 3 is 2.56 bits per heavy atom. The number of furan rings is 1. The molecule has 0 spiro atoms. The van der Waals surface area contributed by atoms with Crippen molar-refractivity contribution in [3.05, 3.63) is 41.6 Å². The second kappa shape index (κ2) is 7.03. The number of hydrogen-bond acceptors (Lipinski definition) is 4. The molecule has 0 N–H and O–H groups in total. The zero-order valence-electron chi connectivity index (χ0n) is 14.8. The number of carbonyl (C=O) groups excluding carboxylic acids is 1. The fraction of sp³-hybridized carbons (Fsp3) is 0.556. The van der Waals surface area contributed by atoms with Gasteiger partial charge in [-0.3, -0.25) is 14.4 Å². The summed E-state index contributed by atoms with van der Waals surface area (Å²) in [6.07, 6.45) is -1.16. The Kier molecular flexibility index (Phi) is 4.71. The third kappa shape index (κ3) is 4.18. The Labute approximate surface area is 154 Å². The minimum atomic E-state index is -4.49. The van der Waals surface area contributed by atoms with Crippen LogP contribution in [-0.2, 0) is 24.1 Å². The molecule has 0 radical (unpaired) electrons. The number of hydrogen-bond donors (Lipinski definition) is 0. The maximum Gasteiger partial charge on any atom is 0.435 e. The van der Waals surface area contributed by atoms with Gasteiger partial charge in [0, 0.05) is 37.8 Å². The molecule has 1 aliphatic heterocycles. The number of carbonyl (C=O) groups is 1. The highest BCUT2D eigenvalue weighted by molar-refractivity contribution is 5.76. The lowest BCUT2D eigenvalue weighted by Gasteiger charge is -2.34. The molecule has 27 heavy (non-hydrogen) atoms. The zero-order chi connectivity index (χ0) is 19.0. The molecule has 3 heterocycles. The average molecular weight is 382 g/mol. The second-order valence-electron chi connectivity index (χ2n) is 7.12. The zero-order valence-corrected chi connectivity index (χ0v) is 14.8. The van der Waals surface area contributed by atoms with Crippen molar-refractivity contribution in [1.82, 2.24) is 19.6 Å². The number of amides is 1. The first-order valence-corrected chi connectivity index (χ1v) is 9.07. The fourth-order valence-electron chi connectivity index (χ4n) is 3.41. The van der Waals surface area contributed by atoms with Gasteiger partial charge in [-0.1, -0.05) is 0 Å². The van der Waals surface area contributed by atoms with Gasteiger partial charge in [0.25, 0.3) is 0 Å². The molecule has 2 aromatic rings. The second-order valence-corrected chi connectivity index (χ2v) is 7.12. The molecule has 1 aliphatic carbocycles. The van der Waals surface area contributed by atoms with Gasteiger partial charge < -0.3 is 9.32 Å². The van der Waals surface area contributed by atoms with Crippen LogP contribution < -0.4 is 0 Å². The van der Waals surface area contributed by atoms with Crippen LogP contribution in [-0.4, -0.2) is 51.7 Å². The molecule has 2 aliphatic rings. The smallest absolute Gasteiger partial charge is 0.435 e. The fourth-order valence-corrected chi connectivity index (χ4v) is 3.41. The van der Waals surface area contributed by atoms with E-state index in [1.54, 1.807) is 11.2 Å². The largest absolute Gasteiger partial charge is 0.468 e. The van der Waals surface area contributed by atoms with Gasteiger partial charge in [-0.15, -0.1) is 0 Å². The highest BCUT2D eigenvalue weighted by Crippen LogP contribution is 2.42. The van der Waals surface area contributed by atoms with Crippen molar-refractivity contribution in [2.75, 3.05) is 26.2 Å². The summed E-state index contributed by atoms with van der Waals surface area (Å²) in [4.78, 5) is 16.5. The maximum absolute atomic E-state index is 13.0. The third-order valence-corrected chi connectivity index (χ3v) is 5.07. The Bertz CT molecular complexity index is 788. The number of rotatable bonds is 5. The summed E-state index contributed by atoms with van der Waals surface area (Å²) < 4.78 is 45.5. The van der Waals surface area contributed by atoms with Gasteiger partial charge in [-0.05, 0) is 31.0 Å². The minimum absolute atomic E-state index is 0.0894. The van der Waals surface area contributed by atoms with Crippen LogP contribution in [0.1, 0.15) is 35.9 Å². The molecule has 1 saturated carbocycles. The number of aromatic nitrogens is 2. The lowest BCUT2D eigenvalue weighted by Crippen LogP contribution is -2.49. The van der Waals surface area contributed by atoms with Gasteiger partial charge in [0.05, 0.1) is 12.8 Å². The van der Waals surface area contributed by atoms with E-state index in [0.29, 0.717) is 38.4 Å². The summed E-state index contributed by atoms with van der Waals surface area (Å²) in [6, 6.07) is 4.84. The Balaban J connectivity index is 1.36. The lowest BCUT2D eigenvalue weighted by atomic mass is 10.2. The van der Waals surface area contributed by atoms with E-state index >= 15 is 0 Å². The van der Waals surface area contributed by atoms with E-state index in [1.165, 1.54) is 4.68 Å². The first kappa shape index (κ1) is 18.1. The summed E-state index contributed by atoms with van der Waals surface area (Å²) in [5, 5.41) is 3.66. The summed E-state index contributed by atoms with van der Waals surface area (Å²) in [5.41, 5.74) is -0.396. The quantitative estimate of drug-likeness (QED) is 0.798. The van der Waals surface area contributed by atoms with Crippen molar-refractivity contribution in [2.45, 2.75) is 38.0 Å². The van der Waals surface area contributed by atoms with Gasteiger partial charge in [0.2, 0.25) is 5.91 Å². The van der Waals surface area contributed by atoms with Crippen molar-refractivity contribution in [3.8, 4) is 0 Å². The minimum Gasteiger partial charge on any atom is -0.468 e. The Morgan fingerprint density at radius 2 is 1.96 bits per heavy atom. The number of alkyl halides is 3. The molecule has 6 nitrogen and oxygen atoms in total. The van der Waals surface area contributed by atoms with Gasteiger partial charge in [-0.25, -0.2) is 0 Å². The van der Waals surface area contributed by atoms with Crippen molar-refractivity contribution in [3.63, 3.8) is 0 Å². The molecule has 0 aromatic carbocycles. The van der Waals surface area contributed by atoms with Crippen LogP contribution in [0.25, 0.3) is 0 Å². The van der Waals surface area contributed by atoms with Crippen molar-refractivity contribution in [2.24, 2.45) is 0 Å². The monoisotopic (exact) mass is 382 g/mol. The molecule has 1 saturated heterocycles. The SMILES string of the molecule is O=C(Cn1nc(C(F)(F)F)cc1C1CC1)N1CCN(Cc2ccco2)CC1. The van der Waals surface area contributed by atoms with Crippen LogP contribution in [0.2, 0.25) is 0 Å². The van der Waals surface area contributed by atoms with Crippen LogP contribution >= 0.6 is 0 Å². The molecule has 0 unspecified atom stereocenters. The van der Waals surface area contributed by atoms with Crippen molar-refractivity contribution >= 4 is 5.91 Å². The molecule has 1 amide bonds. The molecule has 2 aromatic heterocycles. The molecule has 146 valence electrons. The summed E-state index contributed by atoms with van der Waals surface area (Å²) in [7, 11) is 0. The van der Waals surface area contributed by atoms with Crippen LogP contribution in [0.15, 0.2) is 28.9 Å². The Hall–Kier alpha value is -2.29. The van der Waals surface area contributed by atoms with E-state index < -0.39 is 11.9 Å². The summed E-state index contributed by atoms with van der Waals surface area (Å²) in [5.74, 6) is 0.776. The molecule has 9 heteroatoms. The first-order chi connectivity index (χ1) is 12.9. The summed E-state index contributed by atoms with van der Waals surface area (Å²) in [6.45, 7) is 3.05. The first-order valence-electron chi connectivity index (χ1n) is 9.07. The van der Waals surface area contributed by atoms with E-state index in [0.717, 1.165) is 24.7 Å². The van der Waals surface area contributed by atoms with E-state index in [2.05, 4.69) is 10.00 Å². The Morgan fingerprint density at radius 1 is 1.22 bits per heavy atom. The van der Waals surface area contributed by atoms with Crippen LogP contribution in [0.4, 0.5) is 13.2 Å². The summed E-state index contributed by atoms with van der Waals surface area (Å²) >= 11 is 0.